The van der Waals surface area contributed by atoms with Crippen molar-refractivity contribution in [3.8, 4) is 0 Å². The van der Waals surface area contributed by atoms with Crippen LogP contribution in [-0.4, -0.2) is 6.54 Å². The van der Waals surface area contributed by atoms with Crippen molar-refractivity contribution in [3.05, 3.63) is 23.7 Å². The van der Waals surface area contributed by atoms with Gasteiger partial charge in [-0.25, -0.2) is 0 Å². The maximum absolute atomic E-state index is 5.63. The van der Waals surface area contributed by atoms with Crippen molar-refractivity contribution in [1.29, 1.82) is 0 Å². The third-order valence-corrected chi connectivity index (χ3v) is 3.50. The van der Waals surface area contributed by atoms with Crippen molar-refractivity contribution >= 4 is 0 Å². The van der Waals surface area contributed by atoms with Gasteiger partial charge in [0.1, 0.15) is 5.76 Å². The van der Waals surface area contributed by atoms with Crippen LogP contribution in [0.2, 0.25) is 0 Å². The Balaban J connectivity index is 2.08. The summed E-state index contributed by atoms with van der Waals surface area (Å²) in [6.45, 7) is 1.12. The fourth-order valence-electron chi connectivity index (χ4n) is 2.85. The zero-order chi connectivity index (χ0) is 8.73. The highest BCUT2D eigenvalue weighted by Gasteiger charge is 2.41. The monoisotopic (exact) mass is 177 g/mol. The molecule has 1 N–H and O–H groups in total. The van der Waals surface area contributed by atoms with Gasteiger partial charge < -0.3 is 9.73 Å². The highest BCUT2D eigenvalue weighted by atomic mass is 16.3. The Labute approximate surface area is 78.3 Å². The molecule has 2 nitrogen and oxygen atoms in total. The zero-order valence-corrected chi connectivity index (χ0v) is 7.81. The summed E-state index contributed by atoms with van der Waals surface area (Å²) >= 11 is 0. The van der Waals surface area contributed by atoms with E-state index in [2.05, 4.69) is 11.4 Å². The van der Waals surface area contributed by atoms with Gasteiger partial charge in [0.05, 0.1) is 11.8 Å². The second-order valence-electron chi connectivity index (χ2n) is 4.24. The van der Waals surface area contributed by atoms with Crippen molar-refractivity contribution in [2.24, 2.45) is 0 Å². The number of hydrogen-bond donors (Lipinski definition) is 1. The minimum Gasteiger partial charge on any atom is -0.467 e. The van der Waals surface area contributed by atoms with Crippen LogP contribution in [0.1, 0.15) is 37.0 Å². The van der Waals surface area contributed by atoms with Crippen LogP contribution < -0.4 is 5.32 Å². The van der Waals surface area contributed by atoms with Crippen LogP contribution >= 0.6 is 0 Å². The van der Waals surface area contributed by atoms with Gasteiger partial charge in [0.2, 0.25) is 0 Å². The molecule has 0 radical (unpaired) electrons. The molecule has 3 rings (SSSR count). The smallest absolute Gasteiger partial charge is 0.127 e. The summed E-state index contributed by atoms with van der Waals surface area (Å²) in [5, 5.41) is 3.64. The van der Waals surface area contributed by atoms with Gasteiger partial charge in [-0.3, -0.25) is 0 Å². The lowest BCUT2D eigenvalue weighted by Gasteiger charge is -2.33. The molecular formula is C11H15NO. The van der Waals surface area contributed by atoms with Gasteiger partial charge in [-0.1, -0.05) is 12.8 Å². The lowest BCUT2D eigenvalue weighted by molar-refractivity contribution is 0.259. The van der Waals surface area contributed by atoms with Gasteiger partial charge in [-0.2, -0.15) is 0 Å². The SMILES string of the molecule is c1cc2c(o1)C1(CCCC1)NCC2. The molecule has 2 heterocycles. The molecule has 1 spiro atoms. The van der Waals surface area contributed by atoms with Crippen LogP contribution in [0.15, 0.2) is 16.7 Å². The van der Waals surface area contributed by atoms with Gasteiger partial charge in [0, 0.05) is 6.54 Å². The number of furan rings is 1. The van der Waals surface area contributed by atoms with Crippen LogP contribution in [0.3, 0.4) is 0 Å². The Morgan fingerprint density at radius 1 is 1.31 bits per heavy atom. The molecule has 1 aliphatic carbocycles. The van der Waals surface area contributed by atoms with E-state index in [1.54, 1.807) is 0 Å². The van der Waals surface area contributed by atoms with Gasteiger partial charge in [0.15, 0.2) is 0 Å². The Hall–Kier alpha value is -0.760. The average Bonchev–Trinajstić information content (AvgIpc) is 2.74. The van der Waals surface area contributed by atoms with Gasteiger partial charge in [0.25, 0.3) is 0 Å². The van der Waals surface area contributed by atoms with E-state index in [1.807, 2.05) is 6.26 Å². The molecule has 0 aromatic carbocycles. The van der Waals surface area contributed by atoms with Crippen LogP contribution in [0.25, 0.3) is 0 Å². The van der Waals surface area contributed by atoms with Crippen LogP contribution in [0.4, 0.5) is 0 Å². The minimum atomic E-state index is 0.219. The topological polar surface area (TPSA) is 25.2 Å². The first-order valence-corrected chi connectivity index (χ1v) is 5.23. The molecule has 0 saturated heterocycles. The molecule has 0 bridgehead atoms. The highest BCUT2D eigenvalue weighted by Crippen LogP contribution is 2.42. The van der Waals surface area contributed by atoms with Crippen LogP contribution in [0, 0.1) is 0 Å². The fourth-order valence-corrected chi connectivity index (χ4v) is 2.85. The van der Waals surface area contributed by atoms with Crippen molar-refractivity contribution in [2.75, 3.05) is 6.54 Å². The van der Waals surface area contributed by atoms with E-state index in [4.69, 9.17) is 4.42 Å². The van der Waals surface area contributed by atoms with Crippen LogP contribution in [-0.2, 0) is 12.0 Å². The third-order valence-electron chi connectivity index (χ3n) is 3.50. The zero-order valence-electron chi connectivity index (χ0n) is 7.81. The summed E-state index contributed by atoms with van der Waals surface area (Å²) in [4.78, 5) is 0. The van der Waals surface area contributed by atoms with Crippen molar-refractivity contribution < 1.29 is 4.42 Å². The summed E-state index contributed by atoms with van der Waals surface area (Å²) in [5.74, 6) is 1.23. The van der Waals surface area contributed by atoms with E-state index in [9.17, 15) is 0 Å². The lowest BCUT2D eigenvalue weighted by Crippen LogP contribution is -2.44. The molecule has 0 atom stereocenters. The molecule has 1 fully saturated rings. The first-order chi connectivity index (χ1) is 6.41. The number of hydrogen-bond acceptors (Lipinski definition) is 2. The molecule has 2 aliphatic rings. The average molecular weight is 177 g/mol. The molecule has 1 aromatic rings. The summed E-state index contributed by atoms with van der Waals surface area (Å²) in [6, 6.07) is 2.14. The number of fused-ring (bicyclic) bond motifs is 2. The number of nitrogens with one attached hydrogen (secondary N) is 1. The largest absolute Gasteiger partial charge is 0.467 e. The lowest BCUT2D eigenvalue weighted by atomic mass is 9.87. The Kier molecular flexibility index (Phi) is 1.53. The highest BCUT2D eigenvalue weighted by molar-refractivity contribution is 5.29. The molecule has 2 heteroatoms. The summed E-state index contributed by atoms with van der Waals surface area (Å²) in [5.41, 5.74) is 1.65. The second kappa shape index (κ2) is 2.61. The van der Waals surface area contributed by atoms with Crippen molar-refractivity contribution in [1.82, 2.24) is 5.32 Å². The molecule has 13 heavy (non-hydrogen) atoms. The quantitative estimate of drug-likeness (QED) is 0.657. The first-order valence-electron chi connectivity index (χ1n) is 5.23. The first kappa shape index (κ1) is 7.63. The predicted octanol–water partition coefficient (Wildman–Crippen LogP) is 2.19. The van der Waals surface area contributed by atoms with E-state index >= 15 is 0 Å². The predicted molar refractivity (Wildman–Crippen MR) is 50.6 cm³/mol. The summed E-state index contributed by atoms with van der Waals surface area (Å²) in [7, 11) is 0. The summed E-state index contributed by atoms with van der Waals surface area (Å²) < 4.78 is 5.63. The number of rotatable bonds is 0. The molecular weight excluding hydrogens is 162 g/mol. The van der Waals surface area contributed by atoms with E-state index in [0.717, 1.165) is 13.0 Å². The molecule has 0 amide bonds. The molecule has 70 valence electrons. The Morgan fingerprint density at radius 2 is 2.15 bits per heavy atom. The van der Waals surface area contributed by atoms with Gasteiger partial charge in [-0.15, -0.1) is 0 Å². The van der Waals surface area contributed by atoms with Crippen molar-refractivity contribution in [3.63, 3.8) is 0 Å². The van der Waals surface area contributed by atoms with E-state index in [1.165, 1.54) is 37.0 Å². The maximum Gasteiger partial charge on any atom is 0.127 e. The normalized spacial score (nSPS) is 24.9. The van der Waals surface area contributed by atoms with Crippen molar-refractivity contribution in [2.45, 2.75) is 37.6 Å². The second-order valence-corrected chi connectivity index (χ2v) is 4.24. The Morgan fingerprint density at radius 3 is 3.00 bits per heavy atom. The summed E-state index contributed by atoms with van der Waals surface area (Å²) in [6.07, 6.45) is 8.17. The van der Waals surface area contributed by atoms with E-state index in [-0.39, 0.29) is 5.54 Å². The Bertz CT molecular complexity index is 310. The van der Waals surface area contributed by atoms with Crippen LogP contribution in [0.5, 0.6) is 0 Å². The van der Waals surface area contributed by atoms with Gasteiger partial charge >= 0.3 is 0 Å². The molecule has 0 unspecified atom stereocenters. The maximum atomic E-state index is 5.63. The fraction of sp³-hybridized carbons (Fsp3) is 0.636. The standard InChI is InChI=1S/C11H15NO/c1-2-6-11(5-1)10-9(3-7-12-11)4-8-13-10/h4,8,12H,1-3,5-7H2. The molecule has 1 aromatic heterocycles. The minimum absolute atomic E-state index is 0.219. The van der Waals surface area contributed by atoms with Gasteiger partial charge in [-0.05, 0) is 30.9 Å². The van der Waals surface area contributed by atoms with E-state index < -0.39 is 0 Å². The molecule has 1 saturated carbocycles. The third kappa shape index (κ3) is 0.983. The van der Waals surface area contributed by atoms with E-state index in [0.29, 0.717) is 0 Å². The molecule has 1 aliphatic heterocycles.